The molecule has 0 N–H and O–H groups in total. The lowest BCUT2D eigenvalue weighted by molar-refractivity contribution is -0.108. The summed E-state index contributed by atoms with van der Waals surface area (Å²) < 4.78 is 0. The fourth-order valence-electron chi connectivity index (χ4n) is 2.25. The molecule has 2 aromatic carbocycles. The Hall–Kier alpha value is -1.67. The van der Waals surface area contributed by atoms with Crippen LogP contribution in [0.1, 0.15) is 18.0 Å². The number of hydrogen-bond donors (Lipinski definition) is 0. The maximum atomic E-state index is 10.8. The Morgan fingerprint density at radius 3 is 2.53 bits per heavy atom. The molecule has 0 radical (unpaired) electrons. The summed E-state index contributed by atoms with van der Waals surface area (Å²) in [6.07, 6.45) is 1.52. The first kappa shape index (κ1) is 11.8. The number of aldehydes is 1. The summed E-state index contributed by atoms with van der Waals surface area (Å²) in [5.41, 5.74) is 1.22. The minimum Gasteiger partial charge on any atom is -0.303 e. The Labute approximate surface area is 102 Å². The zero-order chi connectivity index (χ0) is 12.3. The van der Waals surface area contributed by atoms with Crippen LogP contribution in [0.25, 0.3) is 10.8 Å². The number of carbonyl (C=O) groups is 1. The summed E-state index contributed by atoms with van der Waals surface area (Å²) in [6, 6.07) is 14.7. The van der Waals surface area contributed by atoms with Crippen LogP contribution in [0.4, 0.5) is 0 Å². The predicted octanol–water partition coefficient (Wildman–Crippen LogP) is 3.03. The molecule has 0 amide bonds. The van der Waals surface area contributed by atoms with E-state index in [9.17, 15) is 4.79 Å². The van der Waals surface area contributed by atoms with Crippen molar-refractivity contribution in [3.8, 4) is 0 Å². The summed E-state index contributed by atoms with van der Waals surface area (Å²) in [5.74, 6) is 0. The first-order valence-corrected chi connectivity index (χ1v) is 5.81. The van der Waals surface area contributed by atoms with Gasteiger partial charge in [-0.2, -0.15) is 0 Å². The van der Waals surface area contributed by atoms with E-state index in [0.717, 1.165) is 6.29 Å². The van der Waals surface area contributed by atoms with Gasteiger partial charge in [0.05, 0.1) is 0 Å². The van der Waals surface area contributed by atoms with Crippen molar-refractivity contribution in [2.24, 2.45) is 0 Å². The Balaban J connectivity index is 2.56. The fourth-order valence-corrected chi connectivity index (χ4v) is 2.25. The molecule has 2 nitrogen and oxygen atoms in total. The van der Waals surface area contributed by atoms with Gasteiger partial charge in [0.1, 0.15) is 6.29 Å². The maximum Gasteiger partial charge on any atom is 0.121 e. The minimum atomic E-state index is 0.151. The molecular formula is C15H17NO. The number of rotatable bonds is 4. The van der Waals surface area contributed by atoms with E-state index in [4.69, 9.17) is 0 Å². The van der Waals surface area contributed by atoms with Crippen molar-refractivity contribution in [1.29, 1.82) is 0 Å². The van der Waals surface area contributed by atoms with Gasteiger partial charge in [-0.15, -0.1) is 0 Å². The molecule has 0 aliphatic rings. The lowest BCUT2D eigenvalue weighted by atomic mass is 9.96. The molecule has 0 aliphatic heterocycles. The van der Waals surface area contributed by atoms with Crippen LogP contribution in [0.15, 0.2) is 42.5 Å². The monoisotopic (exact) mass is 227 g/mol. The summed E-state index contributed by atoms with van der Waals surface area (Å²) in [5, 5.41) is 2.46. The van der Waals surface area contributed by atoms with Gasteiger partial charge in [-0.05, 0) is 30.4 Å². The fraction of sp³-hybridized carbons (Fsp3) is 0.267. The highest BCUT2D eigenvalue weighted by Crippen LogP contribution is 2.28. The van der Waals surface area contributed by atoms with Crippen LogP contribution >= 0.6 is 0 Å². The summed E-state index contributed by atoms with van der Waals surface area (Å²) >= 11 is 0. The maximum absolute atomic E-state index is 10.8. The van der Waals surface area contributed by atoms with Crippen LogP contribution in [0.5, 0.6) is 0 Å². The molecule has 0 aromatic heterocycles. The predicted molar refractivity (Wildman–Crippen MR) is 71.1 cm³/mol. The van der Waals surface area contributed by atoms with Gasteiger partial charge in [-0.3, -0.25) is 0 Å². The van der Waals surface area contributed by atoms with Gasteiger partial charge in [-0.1, -0.05) is 42.5 Å². The van der Waals surface area contributed by atoms with Gasteiger partial charge < -0.3 is 9.69 Å². The van der Waals surface area contributed by atoms with Crippen molar-refractivity contribution in [2.75, 3.05) is 14.1 Å². The van der Waals surface area contributed by atoms with Crippen LogP contribution in [-0.4, -0.2) is 25.3 Å². The number of fused-ring (bicyclic) bond motifs is 1. The Bertz CT molecular complexity index is 514. The normalized spacial score (nSPS) is 12.9. The molecule has 2 aromatic rings. The average Bonchev–Trinajstić information content (AvgIpc) is 2.35. The third-order valence-electron chi connectivity index (χ3n) is 3.13. The molecule has 0 fully saturated rings. The van der Waals surface area contributed by atoms with Crippen molar-refractivity contribution in [2.45, 2.75) is 12.5 Å². The van der Waals surface area contributed by atoms with E-state index in [2.05, 4.69) is 35.2 Å². The van der Waals surface area contributed by atoms with Crippen molar-refractivity contribution < 1.29 is 4.79 Å². The highest BCUT2D eigenvalue weighted by molar-refractivity contribution is 5.86. The molecule has 17 heavy (non-hydrogen) atoms. The van der Waals surface area contributed by atoms with Gasteiger partial charge in [0.25, 0.3) is 0 Å². The first-order valence-electron chi connectivity index (χ1n) is 5.81. The Morgan fingerprint density at radius 2 is 1.82 bits per heavy atom. The van der Waals surface area contributed by atoms with Crippen LogP contribution in [0.3, 0.4) is 0 Å². The third kappa shape index (κ3) is 2.37. The Kier molecular flexibility index (Phi) is 3.55. The second-order valence-corrected chi connectivity index (χ2v) is 4.45. The van der Waals surface area contributed by atoms with Gasteiger partial charge >= 0.3 is 0 Å². The molecule has 2 heteroatoms. The van der Waals surface area contributed by atoms with Crippen LogP contribution < -0.4 is 0 Å². The lowest BCUT2D eigenvalue weighted by Crippen LogP contribution is -2.20. The largest absolute Gasteiger partial charge is 0.303 e. The molecule has 0 saturated heterocycles. The summed E-state index contributed by atoms with van der Waals surface area (Å²) in [4.78, 5) is 12.9. The number of nitrogens with zero attached hydrogens (tertiary/aromatic N) is 1. The molecule has 0 unspecified atom stereocenters. The molecule has 2 rings (SSSR count). The van der Waals surface area contributed by atoms with Gasteiger partial charge in [0.15, 0.2) is 0 Å². The Morgan fingerprint density at radius 1 is 1.12 bits per heavy atom. The van der Waals surface area contributed by atoms with Gasteiger partial charge in [-0.25, -0.2) is 0 Å². The van der Waals surface area contributed by atoms with Gasteiger partial charge in [0.2, 0.25) is 0 Å². The van der Waals surface area contributed by atoms with Crippen LogP contribution in [-0.2, 0) is 4.79 Å². The molecular weight excluding hydrogens is 210 g/mol. The molecule has 0 bridgehead atoms. The highest BCUT2D eigenvalue weighted by Gasteiger charge is 2.15. The van der Waals surface area contributed by atoms with E-state index in [-0.39, 0.29) is 6.04 Å². The van der Waals surface area contributed by atoms with Gasteiger partial charge in [0, 0.05) is 12.5 Å². The zero-order valence-electron chi connectivity index (χ0n) is 10.3. The third-order valence-corrected chi connectivity index (χ3v) is 3.13. The second kappa shape index (κ2) is 5.11. The minimum absolute atomic E-state index is 0.151. The van der Waals surface area contributed by atoms with E-state index >= 15 is 0 Å². The number of hydrogen-bond acceptors (Lipinski definition) is 2. The second-order valence-electron chi connectivity index (χ2n) is 4.45. The van der Waals surface area contributed by atoms with E-state index in [0.29, 0.717) is 6.42 Å². The summed E-state index contributed by atoms with van der Waals surface area (Å²) in [6.45, 7) is 0. The van der Waals surface area contributed by atoms with E-state index in [1.165, 1.54) is 16.3 Å². The molecule has 0 spiro atoms. The number of carbonyl (C=O) groups excluding carboxylic acids is 1. The summed E-state index contributed by atoms with van der Waals surface area (Å²) in [7, 11) is 4.02. The van der Waals surface area contributed by atoms with Crippen molar-refractivity contribution in [3.05, 3.63) is 48.0 Å². The average molecular weight is 227 g/mol. The van der Waals surface area contributed by atoms with E-state index < -0.39 is 0 Å². The van der Waals surface area contributed by atoms with Crippen molar-refractivity contribution in [1.82, 2.24) is 4.90 Å². The first-order chi connectivity index (χ1) is 8.24. The van der Waals surface area contributed by atoms with Crippen molar-refractivity contribution >= 4 is 17.1 Å². The van der Waals surface area contributed by atoms with Crippen LogP contribution in [0, 0.1) is 0 Å². The molecule has 0 aliphatic carbocycles. The van der Waals surface area contributed by atoms with E-state index in [1.54, 1.807) is 0 Å². The molecule has 1 atom stereocenters. The lowest BCUT2D eigenvalue weighted by Gasteiger charge is -2.24. The quantitative estimate of drug-likeness (QED) is 0.748. The highest BCUT2D eigenvalue weighted by atomic mass is 16.1. The molecule has 88 valence electrons. The topological polar surface area (TPSA) is 20.3 Å². The molecule has 0 saturated carbocycles. The smallest absolute Gasteiger partial charge is 0.121 e. The van der Waals surface area contributed by atoms with Crippen molar-refractivity contribution in [3.63, 3.8) is 0 Å². The van der Waals surface area contributed by atoms with E-state index in [1.807, 2.05) is 26.2 Å². The SMILES string of the molecule is CN(C)[C@@H](CC=O)c1cccc2ccccc12. The standard InChI is InChI=1S/C15H17NO/c1-16(2)15(10-11-17)14-9-5-7-12-6-3-4-8-13(12)14/h3-9,11,15H,10H2,1-2H3/t15-/m0/s1. The zero-order valence-corrected chi connectivity index (χ0v) is 10.3. The van der Waals surface area contributed by atoms with Crippen LogP contribution in [0.2, 0.25) is 0 Å². The number of benzene rings is 2. The molecule has 0 heterocycles.